The number of aryl methyl sites for hydroxylation is 1. The lowest BCUT2D eigenvalue weighted by atomic mass is 10.4. The third-order valence-electron chi connectivity index (χ3n) is 2.33. The largest absolute Gasteiger partial charge is 0.391 e. The van der Waals surface area contributed by atoms with Crippen LogP contribution in [-0.4, -0.2) is 18.5 Å². The van der Waals surface area contributed by atoms with Gasteiger partial charge < -0.3 is 5.11 Å². The van der Waals surface area contributed by atoms with Crippen molar-refractivity contribution in [1.29, 1.82) is 0 Å². The number of aliphatic hydroxyl groups excluding tert-OH is 1. The molecule has 0 saturated heterocycles. The Hall–Kier alpha value is -0.800. The molecule has 2 aromatic rings. The highest BCUT2D eigenvalue weighted by molar-refractivity contribution is 7.91. The molecule has 5 nitrogen and oxygen atoms in total. The Morgan fingerprint density at radius 2 is 2.22 bits per heavy atom. The van der Waals surface area contributed by atoms with Gasteiger partial charge in [0.05, 0.1) is 17.8 Å². The predicted molar refractivity (Wildman–Crippen MR) is 71.1 cm³/mol. The van der Waals surface area contributed by atoms with Crippen molar-refractivity contribution in [2.45, 2.75) is 24.3 Å². The maximum atomic E-state index is 12.0. The number of thiophene rings is 1. The molecule has 2 rings (SSSR count). The highest BCUT2D eigenvalue weighted by atomic mass is 32.2. The second kappa shape index (κ2) is 5.45. The minimum atomic E-state index is -3.51. The van der Waals surface area contributed by atoms with Crippen LogP contribution < -0.4 is 4.72 Å². The van der Waals surface area contributed by atoms with E-state index < -0.39 is 10.0 Å². The van der Waals surface area contributed by atoms with Gasteiger partial charge in [-0.2, -0.15) is 0 Å². The quantitative estimate of drug-likeness (QED) is 0.877. The van der Waals surface area contributed by atoms with Gasteiger partial charge in [0.25, 0.3) is 0 Å². The summed E-state index contributed by atoms with van der Waals surface area (Å²) in [6.45, 7) is 1.94. The molecule has 0 radical (unpaired) electrons. The average molecular weight is 304 g/mol. The van der Waals surface area contributed by atoms with Crippen LogP contribution in [0, 0.1) is 6.92 Å². The van der Waals surface area contributed by atoms with E-state index >= 15 is 0 Å². The molecule has 0 bridgehead atoms. The van der Waals surface area contributed by atoms with E-state index in [0.717, 1.165) is 21.9 Å². The molecule has 0 aliphatic carbocycles. The summed E-state index contributed by atoms with van der Waals surface area (Å²) < 4.78 is 26.7. The molecule has 0 saturated carbocycles. The van der Waals surface area contributed by atoms with Gasteiger partial charge in [0.2, 0.25) is 10.0 Å². The van der Waals surface area contributed by atoms with Gasteiger partial charge >= 0.3 is 0 Å². The average Bonchev–Trinajstić information content (AvgIpc) is 2.95. The number of thiazole rings is 1. The van der Waals surface area contributed by atoms with E-state index in [2.05, 4.69) is 9.71 Å². The summed E-state index contributed by atoms with van der Waals surface area (Å²) >= 11 is 2.49. The van der Waals surface area contributed by atoms with Crippen LogP contribution in [0.3, 0.4) is 0 Å². The molecule has 8 heteroatoms. The summed E-state index contributed by atoms with van der Waals surface area (Å²) in [7, 11) is -3.51. The lowest BCUT2D eigenvalue weighted by Crippen LogP contribution is -2.22. The van der Waals surface area contributed by atoms with Crippen LogP contribution >= 0.6 is 22.7 Å². The van der Waals surface area contributed by atoms with Crippen molar-refractivity contribution in [1.82, 2.24) is 9.71 Å². The van der Waals surface area contributed by atoms with E-state index in [-0.39, 0.29) is 17.4 Å². The Balaban J connectivity index is 2.10. The first kappa shape index (κ1) is 13.6. The SMILES string of the molecule is Cc1ncsc1CNS(=O)(=O)c1ccc(CO)s1. The van der Waals surface area contributed by atoms with Crippen molar-refractivity contribution in [3.63, 3.8) is 0 Å². The number of nitrogens with one attached hydrogen (secondary N) is 1. The Morgan fingerprint density at radius 3 is 2.78 bits per heavy atom. The van der Waals surface area contributed by atoms with Gasteiger partial charge in [-0.25, -0.2) is 18.1 Å². The predicted octanol–water partition coefficient (Wildman–Crippen LogP) is 1.48. The molecule has 0 amide bonds. The molecule has 0 aliphatic heterocycles. The second-order valence-electron chi connectivity index (χ2n) is 3.56. The molecular weight excluding hydrogens is 292 g/mol. The number of rotatable bonds is 5. The summed E-state index contributed by atoms with van der Waals surface area (Å²) in [5.41, 5.74) is 2.53. The molecule has 18 heavy (non-hydrogen) atoms. The first-order valence-electron chi connectivity index (χ1n) is 5.11. The van der Waals surface area contributed by atoms with Gasteiger partial charge in [-0.05, 0) is 19.1 Å². The van der Waals surface area contributed by atoms with Crippen LogP contribution in [0.2, 0.25) is 0 Å². The lowest BCUT2D eigenvalue weighted by molar-refractivity contribution is 0.285. The van der Waals surface area contributed by atoms with Crippen LogP contribution in [-0.2, 0) is 23.2 Å². The summed E-state index contributed by atoms with van der Waals surface area (Å²) in [6, 6.07) is 3.11. The van der Waals surface area contributed by atoms with Crippen LogP contribution in [0.5, 0.6) is 0 Å². The standard InChI is InChI=1S/C10H12N2O3S3/c1-7-9(16-6-11-7)4-12-18(14,15)10-3-2-8(5-13)17-10/h2-3,6,12-13H,4-5H2,1H3. The number of aromatic nitrogens is 1. The molecule has 98 valence electrons. The van der Waals surface area contributed by atoms with Crippen LogP contribution in [0.15, 0.2) is 21.9 Å². The number of sulfonamides is 1. The van der Waals surface area contributed by atoms with Gasteiger partial charge in [0.1, 0.15) is 4.21 Å². The van der Waals surface area contributed by atoms with E-state index in [9.17, 15) is 8.42 Å². The third kappa shape index (κ3) is 2.96. The third-order valence-corrected chi connectivity index (χ3v) is 6.22. The fraction of sp³-hybridized carbons (Fsp3) is 0.300. The van der Waals surface area contributed by atoms with Gasteiger partial charge in [-0.15, -0.1) is 22.7 Å². The van der Waals surface area contributed by atoms with Crippen molar-refractivity contribution in [2.75, 3.05) is 0 Å². The van der Waals surface area contributed by atoms with Crippen LogP contribution in [0.1, 0.15) is 15.4 Å². The Kier molecular flexibility index (Phi) is 4.13. The fourth-order valence-corrected chi connectivity index (χ4v) is 4.38. The molecule has 0 atom stereocenters. The molecule has 2 heterocycles. The zero-order valence-electron chi connectivity index (χ0n) is 9.58. The van der Waals surface area contributed by atoms with Crippen molar-refractivity contribution >= 4 is 32.7 Å². The maximum absolute atomic E-state index is 12.0. The topological polar surface area (TPSA) is 79.3 Å². The zero-order valence-corrected chi connectivity index (χ0v) is 12.0. The van der Waals surface area contributed by atoms with E-state index in [1.54, 1.807) is 11.6 Å². The summed E-state index contributed by atoms with van der Waals surface area (Å²) in [4.78, 5) is 5.59. The highest BCUT2D eigenvalue weighted by Gasteiger charge is 2.17. The normalized spacial score (nSPS) is 11.9. The number of hydrogen-bond donors (Lipinski definition) is 2. The highest BCUT2D eigenvalue weighted by Crippen LogP contribution is 2.22. The van der Waals surface area contributed by atoms with E-state index in [0.29, 0.717) is 4.88 Å². The van der Waals surface area contributed by atoms with Crippen molar-refractivity contribution < 1.29 is 13.5 Å². The Morgan fingerprint density at radius 1 is 1.44 bits per heavy atom. The maximum Gasteiger partial charge on any atom is 0.250 e. The Bertz CT molecular complexity index is 630. The van der Waals surface area contributed by atoms with Gasteiger partial charge in [-0.3, -0.25) is 0 Å². The monoisotopic (exact) mass is 304 g/mol. The summed E-state index contributed by atoms with van der Waals surface area (Å²) in [6.07, 6.45) is 0. The van der Waals surface area contributed by atoms with E-state index in [1.807, 2.05) is 6.92 Å². The van der Waals surface area contributed by atoms with Gasteiger partial charge in [0.15, 0.2) is 0 Å². The molecule has 2 aromatic heterocycles. The van der Waals surface area contributed by atoms with Crippen molar-refractivity contribution in [3.05, 3.63) is 33.1 Å². The molecule has 0 unspecified atom stereocenters. The van der Waals surface area contributed by atoms with Crippen LogP contribution in [0.4, 0.5) is 0 Å². The summed E-state index contributed by atoms with van der Waals surface area (Å²) in [5, 5.41) is 8.92. The smallest absolute Gasteiger partial charge is 0.250 e. The first-order valence-corrected chi connectivity index (χ1v) is 8.29. The molecule has 0 spiro atoms. The first-order chi connectivity index (χ1) is 8.53. The second-order valence-corrected chi connectivity index (χ2v) is 7.67. The minimum Gasteiger partial charge on any atom is -0.391 e. The molecule has 0 fully saturated rings. The molecule has 2 N–H and O–H groups in total. The fourth-order valence-electron chi connectivity index (χ4n) is 1.32. The van der Waals surface area contributed by atoms with Crippen molar-refractivity contribution in [2.24, 2.45) is 0 Å². The Labute approximate surface area is 113 Å². The van der Waals surface area contributed by atoms with Crippen molar-refractivity contribution in [3.8, 4) is 0 Å². The molecule has 0 aromatic carbocycles. The minimum absolute atomic E-state index is 0.145. The van der Waals surface area contributed by atoms with E-state index in [4.69, 9.17) is 5.11 Å². The van der Waals surface area contributed by atoms with E-state index in [1.165, 1.54) is 17.4 Å². The number of nitrogens with zero attached hydrogens (tertiary/aromatic N) is 1. The zero-order chi connectivity index (χ0) is 13.2. The number of hydrogen-bond acceptors (Lipinski definition) is 6. The number of aliphatic hydroxyl groups is 1. The van der Waals surface area contributed by atoms with Gasteiger partial charge in [0, 0.05) is 16.3 Å². The molecular formula is C10H12N2O3S3. The molecule has 0 aliphatic rings. The lowest BCUT2D eigenvalue weighted by Gasteiger charge is -2.03. The van der Waals surface area contributed by atoms with Crippen LogP contribution in [0.25, 0.3) is 0 Å². The van der Waals surface area contributed by atoms with Gasteiger partial charge in [-0.1, -0.05) is 0 Å². The summed E-state index contributed by atoms with van der Waals surface area (Å²) in [5.74, 6) is 0.